The predicted molar refractivity (Wildman–Crippen MR) is 108 cm³/mol. The molecule has 1 saturated heterocycles. The number of morpholine rings is 1. The van der Waals surface area contributed by atoms with E-state index in [-0.39, 0.29) is 11.9 Å². The third-order valence-electron chi connectivity index (χ3n) is 5.03. The number of nitrogens with zero attached hydrogens (tertiary/aromatic N) is 2. The van der Waals surface area contributed by atoms with Gasteiger partial charge in [-0.15, -0.1) is 0 Å². The Hall–Kier alpha value is -2.61. The minimum atomic E-state index is -0.261. The first-order chi connectivity index (χ1) is 14.1. The van der Waals surface area contributed by atoms with Crippen LogP contribution in [0.5, 0.6) is 0 Å². The summed E-state index contributed by atoms with van der Waals surface area (Å²) in [7, 11) is 0. The molecule has 4 rings (SSSR count). The smallest absolute Gasteiger partial charge is 0.257 e. The van der Waals surface area contributed by atoms with Gasteiger partial charge >= 0.3 is 0 Å². The quantitative estimate of drug-likeness (QED) is 0.661. The van der Waals surface area contributed by atoms with Crippen LogP contribution in [0, 0.1) is 6.92 Å². The number of hydrogen-bond acceptors (Lipinski definition) is 6. The van der Waals surface area contributed by atoms with E-state index in [1.54, 1.807) is 19.3 Å². The van der Waals surface area contributed by atoms with Crippen LogP contribution in [0.3, 0.4) is 0 Å². The van der Waals surface area contributed by atoms with Gasteiger partial charge in [-0.25, -0.2) is 0 Å². The summed E-state index contributed by atoms with van der Waals surface area (Å²) >= 11 is 6.30. The highest BCUT2D eigenvalue weighted by Gasteiger charge is 2.28. The highest BCUT2D eigenvalue weighted by Crippen LogP contribution is 2.31. The number of halogens is 1. The summed E-state index contributed by atoms with van der Waals surface area (Å²) in [6.45, 7) is 4.98. The van der Waals surface area contributed by atoms with Gasteiger partial charge in [0.15, 0.2) is 0 Å². The molecule has 0 bridgehead atoms. The fraction of sp³-hybridized carbons (Fsp3) is 0.333. The summed E-state index contributed by atoms with van der Waals surface area (Å²) in [5, 5.41) is 7.60. The Morgan fingerprint density at radius 3 is 2.76 bits per heavy atom. The number of aryl methyl sites for hydroxylation is 1. The maximum Gasteiger partial charge on any atom is 0.257 e. The van der Waals surface area contributed by atoms with Gasteiger partial charge in [0, 0.05) is 25.2 Å². The van der Waals surface area contributed by atoms with E-state index in [2.05, 4.69) is 15.4 Å². The van der Waals surface area contributed by atoms with E-state index in [1.165, 1.54) is 0 Å². The minimum absolute atomic E-state index is 0.0817. The molecule has 1 amide bonds. The van der Waals surface area contributed by atoms with Gasteiger partial charge in [0.2, 0.25) is 0 Å². The highest BCUT2D eigenvalue weighted by molar-refractivity contribution is 6.33. The van der Waals surface area contributed by atoms with Crippen molar-refractivity contribution in [1.82, 2.24) is 15.4 Å². The molecule has 1 aliphatic heterocycles. The van der Waals surface area contributed by atoms with E-state index in [0.717, 1.165) is 18.8 Å². The largest absolute Gasteiger partial charge is 0.468 e. The van der Waals surface area contributed by atoms with Crippen molar-refractivity contribution in [2.45, 2.75) is 13.0 Å². The second kappa shape index (κ2) is 8.82. The Morgan fingerprint density at radius 2 is 2.03 bits per heavy atom. The molecule has 0 radical (unpaired) electrons. The van der Waals surface area contributed by atoms with Crippen LogP contribution in [0.15, 0.2) is 51.6 Å². The summed E-state index contributed by atoms with van der Waals surface area (Å²) in [6.07, 6.45) is 1.64. The normalized spacial score (nSPS) is 15.9. The lowest BCUT2D eigenvalue weighted by molar-refractivity contribution is 0.0118. The van der Waals surface area contributed by atoms with Crippen molar-refractivity contribution in [3.8, 4) is 11.3 Å². The van der Waals surface area contributed by atoms with Gasteiger partial charge < -0.3 is 19.0 Å². The average Bonchev–Trinajstić information content (AvgIpc) is 3.39. The van der Waals surface area contributed by atoms with E-state index in [1.807, 2.05) is 30.3 Å². The fourth-order valence-electron chi connectivity index (χ4n) is 3.53. The molecule has 1 atom stereocenters. The number of carbonyl (C=O) groups is 1. The molecule has 1 aliphatic rings. The van der Waals surface area contributed by atoms with Gasteiger partial charge in [-0.3, -0.25) is 9.69 Å². The molecule has 0 saturated carbocycles. The van der Waals surface area contributed by atoms with Crippen molar-refractivity contribution in [3.05, 3.63) is 64.8 Å². The van der Waals surface area contributed by atoms with Crippen LogP contribution in [0.2, 0.25) is 5.02 Å². The SMILES string of the molecule is Cc1onc(-c2ccccc2Cl)c1C(=O)NCC(c1ccco1)N1CCOCC1. The lowest BCUT2D eigenvalue weighted by Gasteiger charge is -2.33. The fourth-order valence-corrected chi connectivity index (χ4v) is 3.76. The molecular formula is C21H22ClN3O4. The van der Waals surface area contributed by atoms with Gasteiger partial charge in [-0.2, -0.15) is 0 Å². The van der Waals surface area contributed by atoms with E-state index in [9.17, 15) is 4.79 Å². The van der Waals surface area contributed by atoms with E-state index < -0.39 is 0 Å². The summed E-state index contributed by atoms with van der Waals surface area (Å²) in [5.74, 6) is 0.988. The Labute approximate surface area is 173 Å². The molecule has 0 aliphatic carbocycles. The molecule has 0 spiro atoms. The van der Waals surface area contributed by atoms with Crippen LogP contribution in [-0.4, -0.2) is 48.8 Å². The first kappa shape index (κ1) is 19.7. The monoisotopic (exact) mass is 415 g/mol. The molecule has 3 heterocycles. The molecule has 1 unspecified atom stereocenters. The third kappa shape index (κ3) is 4.22. The van der Waals surface area contributed by atoms with Crippen LogP contribution in [0.4, 0.5) is 0 Å². The molecular weight excluding hydrogens is 394 g/mol. The van der Waals surface area contributed by atoms with Crippen LogP contribution in [0.1, 0.15) is 27.9 Å². The summed E-state index contributed by atoms with van der Waals surface area (Å²) in [5.41, 5.74) is 1.48. The Kier molecular flexibility index (Phi) is 5.99. The van der Waals surface area contributed by atoms with Crippen molar-refractivity contribution in [3.63, 3.8) is 0 Å². The molecule has 7 nitrogen and oxygen atoms in total. The third-order valence-corrected chi connectivity index (χ3v) is 5.36. The summed E-state index contributed by atoms with van der Waals surface area (Å²) < 4.78 is 16.4. The van der Waals surface area contributed by atoms with Gasteiger partial charge in [0.25, 0.3) is 5.91 Å². The van der Waals surface area contributed by atoms with Crippen molar-refractivity contribution in [2.24, 2.45) is 0 Å². The highest BCUT2D eigenvalue weighted by atomic mass is 35.5. The molecule has 1 N–H and O–H groups in total. The topological polar surface area (TPSA) is 80.7 Å². The lowest BCUT2D eigenvalue weighted by atomic mass is 10.1. The Balaban J connectivity index is 1.55. The van der Waals surface area contributed by atoms with Crippen molar-refractivity contribution in [2.75, 3.05) is 32.8 Å². The maximum absolute atomic E-state index is 13.1. The number of ether oxygens (including phenoxy) is 1. The molecule has 1 fully saturated rings. The Morgan fingerprint density at radius 1 is 1.24 bits per heavy atom. The van der Waals surface area contributed by atoms with E-state index in [4.69, 9.17) is 25.3 Å². The van der Waals surface area contributed by atoms with E-state index >= 15 is 0 Å². The number of carbonyl (C=O) groups excluding carboxylic acids is 1. The first-order valence-electron chi connectivity index (χ1n) is 9.49. The zero-order valence-corrected chi connectivity index (χ0v) is 16.8. The number of nitrogens with one attached hydrogen (secondary N) is 1. The molecule has 1 aromatic carbocycles. The second-order valence-corrected chi connectivity index (χ2v) is 7.24. The molecule has 29 heavy (non-hydrogen) atoms. The lowest BCUT2D eigenvalue weighted by Crippen LogP contribution is -2.43. The van der Waals surface area contributed by atoms with Gasteiger partial charge in [0.1, 0.15) is 22.8 Å². The van der Waals surface area contributed by atoms with Crippen LogP contribution in [0.25, 0.3) is 11.3 Å². The van der Waals surface area contributed by atoms with Crippen LogP contribution >= 0.6 is 11.6 Å². The van der Waals surface area contributed by atoms with Crippen LogP contribution in [-0.2, 0) is 4.74 Å². The molecule has 152 valence electrons. The molecule has 2 aromatic heterocycles. The Bertz CT molecular complexity index is 964. The molecule has 3 aromatic rings. The number of benzene rings is 1. The van der Waals surface area contributed by atoms with E-state index in [0.29, 0.717) is 47.4 Å². The molecule has 8 heteroatoms. The number of furan rings is 1. The van der Waals surface area contributed by atoms with Crippen molar-refractivity contribution < 1.29 is 18.5 Å². The second-order valence-electron chi connectivity index (χ2n) is 6.83. The van der Waals surface area contributed by atoms with Crippen molar-refractivity contribution in [1.29, 1.82) is 0 Å². The zero-order chi connectivity index (χ0) is 20.2. The number of aromatic nitrogens is 1. The standard InChI is InChI=1S/C21H22ClN3O4/c1-14-19(20(24-29-14)15-5-2-3-6-16(15)22)21(26)23-13-17(18-7-4-10-28-18)25-8-11-27-12-9-25/h2-7,10,17H,8-9,11-13H2,1H3,(H,23,26). The predicted octanol–water partition coefficient (Wildman–Crippen LogP) is 3.70. The minimum Gasteiger partial charge on any atom is -0.468 e. The van der Waals surface area contributed by atoms with Crippen molar-refractivity contribution >= 4 is 17.5 Å². The number of hydrogen-bond donors (Lipinski definition) is 1. The average molecular weight is 416 g/mol. The van der Waals surface area contributed by atoms with Crippen LogP contribution < -0.4 is 5.32 Å². The first-order valence-corrected chi connectivity index (χ1v) is 9.87. The summed E-state index contributed by atoms with van der Waals surface area (Å²) in [4.78, 5) is 15.3. The van der Waals surface area contributed by atoms with Gasteiger partial charge in [-0.05, 0) is 25.1 Å². The van der Waals surface area contributed by atoms with Gasteiger partial charge in [-0.1, -0.05) is 35.0 Å². The number of amides is 1. The maximum atomic E-state index is 13.1. The zero-order valence-electron chi connectivity index (χ0n) is 16.1. The number of rotatable bonds is 6. The van der Waals surface area contributed by atoms with Gasteiger partial charge in [0.05, 0.1) is 30.5 Å². The summed E-state index contributed by atoms with van der Waals surface area (Å²) in [6, 6.07) is 10.9.